The summed E-state index contributed by atoms with van der Waals surface area (Å²) < 4.78 is 9.42. The van der Waals surface area contributed by atoms with Crippen LogP contribution in [0.25, 0.3) is 5.52 Å². The van der Waals surface area contributed by atoms with E-state index >= 15 is 0 Å². The van der Waals surface area contributed by atoms with E-state index in [1.165, 1.54) is 0 Å². The van der Waals surface area contributed by atoms with Gasteiger partial charge in [0, 0.05) is 24.8 Å². The van der Waals surface area contributed by atoms with Crippen molar-refractivity contribution in [1.29, 1.82) is 5.26 Å². The summed E-state index contributed by atoms with van der Waals surface area (Å²) in [5, 5.41) is 22.2. The number of aromatic nitrogens is 5. The van der Waals surface area contributed by atoms with Crippen LogP contribution in [0, 0.1) is 11.3 Å². The summed E-state index contributed by atoms with van der Waals surface area (Å²) in [6, 6.07) is 8.15. The van der Waals surface area contributed by atoms with Gasteiger partial charge in [0.05, 0.1) is 23.7 Å². The van der Waals surface area contributed by atoms with Crippen molar-refractivity contribution in [3.05, 3.63) is 41.7 Å². The topological polar surface area (TPSA) is 81.0 Å². The number of fused-ring (bicyclic) bond motifs is 1. The molecule has 0 saturated carbocycles. The standard InChI is InChI=1S/C16H16N6OS/c17-8-14-12(9-21-6-2-1-5-15(14)21)11-24-16-18-19-20-22(16)10-13-4-3-7-23-13/h1-2,5-6,9,13H,3-4,7,10-11H2. The molecule has 24 heavy (non-hydrogen) atoms. The molecule has 1 aliphatic rings. The van der Waals surface area contributed by atoms with Gasteiger partial charge in [-0.2, -0.15) is 5.26 Å². The van der Waals surface area contributed by atoms with Crippen LogP contribution in [0.3, 0.4) is 0 Å². The summed E-state index contributed by atoms with van der Waals surface area (Å²) in [5.41, 5.74) is 2.62. The molecule has 4 heterocycles. The Kier molecular flexibility index (Phi) is 4.19. The van der Waals surface area contributed by atoms with E-state index < -0.39 is 0 Å². The highest BCUT2D eigenvalue weighted by molar-refractivity contribution is 7.98. The molecule has 4 rings (SSSR count). The summed E-state index contributed by atoms with van der Waals surface area (Å²) in [4.78, 5) is 0. The van der Waals surface area contributed by atoms with Crippen LogP contribution >= 0.6 is 11.8 Å². The second-order valence-corrected chi connectivity index (χ2v) is 6.64. The Morgan fingerprint density at radius 2 is 2.38 bits per heavy atom. The third kappa shape index (κ3) is 2.88. The number of hydrogen-bond acceptors (Lipinski definition) is 6. The molecule has 3 aromatic heterocycles. The molecule has 1 atom stereocenters. The highest BCUT2D eigenvalue weighted by Gasteiger charge is 2.19. The number of nitriles is 1. The molecular formula is C16H16N6OS. The quantitative estimate of drug-likeness (QED) is 0.663. The molecule has 8 heteroatoms. The third-order valence-electron chi connectivity index (χ3n) is 4.13. The zero-order valence-corrected chi connectivity index (χ0v) is 13.8. The lowest BCUT2D eigenvalue weighted by molar-refractivity contribution is 0.0912. The van der Waals surface area contributed by atoms with Gasteiger partial charge < -0.3 is 9.14 Å². The highest BCUT2D eigenvalue weighted by atomic mass is 32.2. The molecule has 7 nitrogen and oxygen atoms in total. The highest BCUT2D eigenvalue weighted by Crippen LogP contribution is 2.26. The van der Waals surface area contributed by atoms with E-state index in [0.29, 0.717) is 17.9 Å². The monoisotopic (exact) mass is 340 g/mol. The second-order valence-electron chi connectivity index (χ2n) is 5.70. The Bertz CT molecular complexity index is 889. The Morgan fingerprint density at radius 1 is 1.42 bits per heavy atom. The third-order valence-corrected chi connectivity index (χ3v) is 5.14. The first-order valence-corrected chi connectivity index (χ1v) is 8.83. The van der Waals surface area contributed by atoms with Gasteiger partial charge in [0.1, 0.15) is 6.07 Å². The molecule has 0 radical (unpaired) electrons. The van der Waals surface area contributed by atoms with Gasteiger partial charge in [-0.3, -0.25) is 0 Å². The maximum absolute atomic E-state index is 9.47. The number of ether oxygens (including phenoxy) is 1. The maximum atomic E-state index is 9.47. The Balaban J connectivity index is 1.51. The number of hydrogen-bond donors (Lipinski definition) is 0. The predicted octanol–water partition coefficient (Wildman–Crippen LogP) is 2.27. The number of tetrazole rings is 1. The zero-order chi connectivity index (χ0) is 16.4. The molecule has 3 aromatic rings. The van der Waals surface area contributed by atoms with Crippen LogP contribution in [0.2, 0.25) is 0 Å². The number of thioether (sulfide) groups is 1. The Hall–Kier alpha value is -2.37. The van der Waals surface area contributed by atoms with E-state index in [-0.39, 0.29) is 6.10 Å². The van der Waals surface area contributed by atoms with Gasteiger partial charge in [-0.15, -0.1) is 5.10 Å². The van der Waals surface area contributed by atoms with Crippen molar-refractivity contribution >= 4 is 17.3 Å². The lowest BCUT2D eigenvalue weighted by Crippen LogP contribution is -2.16. The van der Waals surface area contributed by atoms with Crippen LogP contribution in [0.4, 0.5) is 0 Å². The molecule has 0 amide bonds. The van der Waals surface area contributed by atoms with E-state index in [0.717, 1.165) is 35.7 Å². The average Bonchev–Trinajstić information content (AvgIpc) is 3.33. The van der Waals surface area contributed by atoms with Gasteiger partial charge >= 0.3 is 0 Å². The van der Waals surface area contributed by atoms with Crippen LogP contribution in [-0.4, -0.2) is 37.3 Å². The average molecular weight is 340 g/mol. The Morgan fingerprint density at radius 3 is 3.21 bits per heavy atom. The van der Waals surface area contributed by atoms with Crippen LogP contribution < -0.4 is 0 Å². The summed E-state index contributed by atoms with van der Waals surface area (Å²) in [6.45, 7) is 1.50. The van der Waals surface area contributed by atoms with Crippen molar-refractivity contribution in [2.45, 2.75) is 36.4 Å². The van der Waals surface area contributed by atoms with E-state index in [9.17, 15) is 5.26 Å². The molecule has 0 N–H and O–H groups in total. The van der Waals surface area contributed by atoms with Crippen molar-refractivity contribution in [2.24, 2.45) is 0 Å². The first kappa shape index (κ1) is 15.2. The van der Waals surface area contributed by atoms with Gasteiger partial charge in [-0.25, -0.2) is 4.68 Å². The van der Waals surface area contributed by atoms with E-state index in [1.54, 1.807) is 16.4 Å². The molecule has 1 fully saturated rings. The molecule has 0 bridgehead atoms. The first-order chi connectivity index (χ1) is 11.8. The smallest absolute Gasteiger partial charge is 0.209 e. The van der Waals surface area contributed by atoms with Gasteiger partial charge in [-0.05, 0) is 41.0 Å². The van der Waals surface area contributed by atoms with Gasteiger partial charge in [0.25, 0.3) is 0 Å². The molecule has 1 saturated heterocycles. The van der Waals surface area contributed by atoms with Crippen LogP contribution in [0.5, 0.6) is 0 Å². The Labute approximate surface area is 143 Å². The van der Waals surface area contributed by atoms with Crippen molar-refractivity contribution in [2.75, 3.05) is 6.61 Å². The van der Waals surface area contributed by atoms with Crippen molar-refractivity contribution in [1.82, 2.24) is 24.6 Å². The number of rotatable bonds is 5. The van der Waals surface area contributed by atoms with Crippen LogP contribution in [-0.2, 0) is 17.0 Å². The van der Waals surface area contributed by atoms with Crippen molar-refractivity contribution < 1.29 is 4.74 Å². The summed E-state index contributed by atoms with van der Waals surface area (Å²) in [6.07, 6.45) is 6.28. The molecule has 0 spiro atoms. The normalized spacial score (nSPS) is 17.4. The largest absolute Gasteiger partial charge is 0.376 e. The molecule has 122 valence electrons. The fourth-order valence-electron chi connectivity index (χ4n) is 2.95. The molecule has 1 unspecified atom stereocenters. The SMILES string of the molecule is N#Cc1c(CSc2nnnn2CC2CCCO2)cn2ccccc12. The van der Waals surface area contributed by atoms with Crippen molar-refractivity contribution in [3.63, 3.8) is 0 Å². The van der Waals surface area contributed by atoms with Crippen LogP contribution in [0.1, 0.15) is 24.0 Å². The minimum absolute atomic E-state index is 0.194. The van der Waals surface area contributed by atoms with Crippen LogP contribution in [0.15, 0.2) is 35.7 Å². The molecule has 0 aromatic carbocycles. The van der Waals surface area contributed by atoms with E-state index in [4.69, 9.17) is 4.74 Å². The molecular weight excluding hydrogens is 324 g/mol. The fraction of sp³-hybridized carbons (Fsp3) is 0.375. The zero-order valence-electron chi connectivity index (χ0n) is 13.0. The van der Waals surface area contributed by atoms with Crippen molar-refractivity contribution in [3.8, 4) is 6.07 Å². The van der Waals surface area contributed by atoms with E-state index in [1.807, 2.05) is 35.0 Å². The minimum atomic E-state index is 0.194. The second kappa shape index (κ2) is 6.63. The molecule has 1 aliphatic heterocycles. The first-order valence-electron chi connectivity index (χ1n) is 7.84. The van der Waals surface area contributed by atoms with Gasteiger partial charge in [-0.1, -0.05) is 17.8 Å². The summed E-state index contributed by atoms with van der Waals surface area (Å²) >= 11 is 1.54. The molecule has 0 aliphatic carbocycles. The fourth-order valence-corrected chi connectivity index (χ4v) is 3.81. The number of pyridine rings is 1. The number of nitrogens with zero attached hydrogens (tertiary/aromatic N) is 6. The lowest BCUT2D eigenvalue weighted by Gasteiger charge is -2.09. The minimum Gasteiger partial charge on any atom is -0.376 e. The van der Waals surface area contributed by atoms with E-state index in [2.05, 4.69) is 21.6 Å². The van der Waals surface area contributed by atoms with Gasteiger partial charge in [0.2, 0.25) is 5.16 Å². The lowest BCUT2D eigenvalue weighted by atomic mass is 10.2. The van der Waals surface area contributed by atoms with Gasteiger partial charge in [0.15, 0.2) is 0 Å². The summed E-state index contributed by atoms with van der Waals surface area (Å²) in [7, 11) is 0. The predicted molar refractivity (Wildman–Crippen MR) is 88.5 cm³/mol. The maximum Gasteiger partial charge on any atom is 0.209 e. The summed E-state index contributed by atoms with van der Waals surface area (Å²) in [5.74, 6) is 0.649.